The largest absolute Gasteiger partial charge is 0.497 e. The second-order valence-corrected chi connectivity index (χ2v) is 5.75. The van der Waals surface area contributed by atoms with Crippen molar-refractivity contribution in [1.82, 2.24) is 5.32 Å². The zero-order valence-corrected chi connectivity index (χ0v) is 13.1. The molecule has 1 aromatic carbocycles. The Morgan fingerprint density at radius 1 is 1.15 bits per heavy atom. The van der Waals surface area contributed by atoms with Gasteiger partial charge in [-0.25, -0.2) is 0 Å². The van der Waals surface area contributed by atoms with E-state index in [0.717, 1.165) is 24.0 Å². The molecule has 1 aromatic rings. The van der Waals surface area contributed by atoms with Crippen molar-refractivity contribution in [1.29, 1.82) is 0 Å². The van der Waals surface area contributed by atoms with Crippen LogP contribution in [0.15, 0.2) is 18.2 Å². The highest BCUT2D eigenvalue weighted by molar-refractivity contribution is 5.40. The standard InChI is InChI=1S/C17H27NO2/c1-5-18-17(16-8-6-7-12(16)2)13-9-14(19-3)11-15(10-13)20-4/h9-12,16-18H,5-8H2,1-4H3. The molecule has 0 radical (unpaired) electrons. The second kappa shape index (κ2) is 6.98. The van der Waals surface area contributed by atoms with Gasteiger partial charge in [0.05, 0.1) is 14.2 Å². The average Bonchev–Trinajstić information content (AvgIpc) is 2.90. The summed E-state index contributed by atoms with van der Waals surface area (Å²) in [7, 11) is 3.41. The summed E-state index contributed by atoms with van der Waals surface area (Å²) < 4.78 is 10.8. The molecule has 1 aliphatic carbocycles. The Morgan fingerprint density at radius 2 is 1.80 bits per heavy atom. The fraction of sp³-hybridized carbons (Fsp3) is 0.647. The van der Waals surface area contributed by atoms with Crippen LogP contribution in [-0.2, 0) is 0 Å². The normalized spacial score (nSPS) is 23.6. The van der Waals surface area contributed by atoms with Crippen molar-refractivity contribution in [2.24, 2.45) is 11.8 Å². The third kappa shape index (κ3) is 3.26. The average molecular weight is 277 g/mol. The summed E-state index contributed by atoms with van der Waals surface area (Å²) in [5, 5.41) is 3.66. The molecule has 3 heteroatoms. The van der Waals surface area contributed by atoms with Crippen molar-refractivity contribution in [3.05, 3.63) is 23.8 Å². The minimum absolute atomic E-state index is 0.390. The molecule has 2 rings (SSSR count). The number of ether oxygens (including phenoxy) is 2. The van der Waals surface area contributed by atoms with Gasteiger partial charge in [0.25, 0.3) is 0 Å². The number of rotatable bonds is 6. The predicted molar refractivity (Wildman–Crippen MR) is 82.5 cm³/mol. The third-order valence-corrected chi connectivity index (χ3v) is 4.51. The van der Waals surface area contributed by atoms with E-state index >= 15 is 0 Å². The molecule has 3 nitrogen and oxygen atoms in total. The number of benzene rings is 1. The van der Waals surface area contributed by atoms with E-state index in [2.05, 4.69) is 31.3 Å². The topological polar surface area (TPSA) is 30.5 Å². The Bertz CT molecular complexity index is 411. The maximum absolute atomic E-state index is 5.41. The van der Waals surface area contributed by atoms with Gasteiger partial charge in [-0.3, -0.25) is 0 Å². The SMILES string of the molecule is CCNC(c1cc(OC)cc(OC)c1)C1CCCC1C. The summed E-state index contributed by atoms with van der Waals surface area (Å²) >= 11 is 0. The lowest BCUT2D eigenvalue weighted by Crippen LogP contribution is -2.29. The van der Waals surface area contributed by atoms with Crippen molar-refractivity contribution < 1.29 is 9.47 Å². The van der Waals surface area contributed by atoms with Crippen molar-refractivity contribution in [2.45, 2.75) is 39.2 Å². The third-order valence-electron chi connectivity index (χ3n) is 4.51. The molecule has 0 heterocycles. The zero-order valence-electron chi connectivity index (χ0n) is 13.1. The van der Waals surface area contributed by atoms with Crippen LogP contribution in [-0.4, -0.2) is 20.8 Å². The molecule has 0 aliphatic heterocycles. The molecule has 0 amide bonds. The summed E-state index contributed by atoms with van der Waals surface area (Å²) in [4.78, 5) is 0. The number of nitrogens with one attached hydrogen (secondary N) is 1. The number of hydrogen-bond donors (Lipinski definition) is 1. The van der Waals surface area contributed by atoms with E-state index in [9.17, 15) is 0 Å². The quantitative estimate of drug-likeness (QED) is 0.858. The van der Waals surface area contributed by atoms with Crippen molar-refractivity contribution in [3.63, 3.8) is 0 Å². The lowest BCUT2D eigenvalue weighted by molar-refractivity contribution is 0.303. The van der Waals surface area contributed by atoms with Crippen molar-refractivity contribution in [3.8, 4) is 11.5 Å². The van der Waals surface area contributed by atoms with Gasteiger partial charge in [0, 0.05) is 12.1 Å². The van der Waals surface area contributed by atoms with Gasteiger partial charge in [-0.1, -0.05) is 26.7 Å². The van der Waals surface area contributed by atoms with Gasteiger partial charge in [-0.15, -0.1) is 0 Å². The van der Waals surface area contributed by atoms with Crippen LogP contribution in [0.1, 0.15) is 44.7 Å². The summed E-state index contributed by atoms with van der Waals surface area (Å²) in [5.41, 5.74) is 1.28. The van der Waals surface area contributed by atoms with E-state index in [1.165, 1.54) is 24.8 Å². The van der Waals surface area contributed by atoms with Crippen LogP contribution < -0.4 is 14.8 Å². The fourth-order valence-electron chi connectivity index (χ4n) is 3.41. The highest BCUT2D eigenvalue weighted by Gasteiger charge is 2.31. The van der Waals surface area contributed by atoms with Crippen molar-refractivity contribution >= 4 is 0 Å². The first-order valence-corrected chi connectivity index (χ1v) is 7.66. The molecule has 1 N–H and O–H groups in total. The molecule has 1 saturated carbocycles. The molecule has 0 aromatic heterocycles. The second-order valence-electron chi connectivity index (χ2n) is 5.75. The zero-order chi connectivity index (χ0) is 14.5. The van der Waals surface area contributed by atoms with Gasteiger partial charge in [-0.05, 0) is 42.5 Å². The Labute approximate surface area is 122 Å². The molecule has 3 atom stereocenters. The van der Waals surface area contributed by atoms with Gasteiger partial charge < -0.3 is 14.8 Å². The predicted octanol–water partition coefficient (Wildman–Crippen LogP) is 3.79. The number of methoxy groups -OCH3 is 2. The minimum Gasteiger partial charge on any atom is -0.497 e. The molecular weight excluding hydrogens is 250 g/mol. The fourth-order valence-corrected chi connectivity index (χ4v) is 3.41. The van der Waals surface area contributed by atoms with Crippen LogP contribution in [0.4, 0.5) is 0 Å². The lowest BCUT2D eigenvalue weighted by atomic mass is 9.85. The van der Waals surface area contributed by atoms with Crippen LogP contribution in [0.2, 0.25) is 0 Å². The van der Waals surface area contributed by atoms with Crippen LogP contribution in [0.5, 0.6) is 11.5 Å². The summed E-state index contributed by atoms with van der Waals surface area (Å²) in [5.74, 6) is 3.21. The highest BCUT2D eigenvalue weighted by Crippen LogP contribution is 2.41. The highest BCUT2D eigenvalue weighted by atomic mass is 16.5. The van der Waals surface area contributed by atoms with Crippen LogP contribution in [0.3, 0.4) is 0 Å². The van der Waals surface area contributed by atoms with E-state index in [1.807, 2.05) is 6.07 Å². The Hall–Kier alpha value is -1.22. The first-order valence-electron chi connectivity index (χ1n) is 7.66. The first-order chi connectivity index (χ1) is 9.69. The maximum atomic E-state index is 5.41. The summed E-state index contributed by atoms with van der Waals surface area (Å²) in [6.07, 6.45) is 3.99. The van der Waals surface area contributed by atoms with Crippen molar-refractivity contribution in [2.75, 3.05) is 20.8 Å². The van der Waals surface area contributed by atoms with Gasteiger partial charge >= 0.3 is 0 Å². The van der Waals surface area contributed by atoms with E-state index in [0.29, 0.717) is 12.0 Å². The van der Waals surface area contributed by atoms with E-state index < -0.39 is 0 Å². The van der Waals surface area contributed by atoms with Gasteiger partial charge in [0.1, 0.15) is 11.5 Å². The molecule has 1 aliphatic rings. The molecule has 20 heavy (non-hydrogen) atoms. The minimum atomic E-state index is 0.390. The monoisotopic (exact) mass is 277 g/mol. The number of hydrogen-bond acceptors (Lipinski definition) is 3. The Balaban J connectivity index is 2.32. The van der Waals surface area contributed by atoms with Crippen LogP contribution in [0, 0.1) is 11.8 Å². The smallest absolute Gasteiger partial charge is 0.122 e. The Kier molecular flexibility index (Phi) is 5.30. The summed E-state index contributed by atoms with van der Waals surface area (Å²) in [6.45, 7) is 5.52. The Morgan fingerprint density at radius 3 is 2.25 bits per heavy atom. The van der Waals surface area contributed by atoms with E-state index in [-0.39, 0.29) is 0 Å². The molecule has 112 valence electrons. The molecular formula is C17H27NO2. The first kappa shape index (κ1) is 15.2. The molecule has 0 spiro atoms. The lowest BCUT2D eigenvalue weighted by Gasteiger charge is -2.28. The molecule has 3 unspecified atom stereocenters. The maximum Gasteiger partial charge on any atom is 0.122 e. The van der Waals surface area contributed by atoms with Gasteiger partial charge in [-0.2, -0.15) is 0 Å². The summed E-state index contributed by atoms with van der Waals surface area (Å²) in [6, 6.07) is 6.60. The molecule has 1 fully saturated rings. The van der Waals surface area contributed by atoms with Gasteiger partial charge in [0.2, 0.25) is 0 Å². The molecule has 0 saturated heterocycles. The van der Waals surface area contributed by atoms with E-state index in [1.54, 1.807) is 14.2 Å². The van der Waals surface area contributed by atoms with E-state index in [4.69, 9.17) is 9.47 Å². The van der Waals surface area contributed by atoms with Crippen LogP contribution >= 0.6 is 0 Å². The molecule has 0 bridgehead atoms. The van der Waals surface area contributed by atoms with Crippen LogP contribution in [0.25, 0.3) is 0 Å². The van der Waals surface area contributed by atoms with Gasteiger partial charge in [0.15, 0.2) is 0 Å².